The van der Waals surface area contributed by atoms with Crippen molar-refractivity contribution in [1.82, 2.24) is 24.7 Å². The molecule has 6 heterocycles. The quantitative estimate of drug-likeness (QED) is 0.336. The molecule has 3 aliphatic rings. The van der Waals surface area contributed by atoms with E-state index in [1.807, 2.05) is 29.9 Å². The van der Waals surface area contributed by atoms with Crippen molar-refractivity contribution in [2.75, 3.05) is 48.6 Å². The standard InChI is InChI=1S/C29H33N7O3S/c1-17-23-12-31-36(26(23)10-25(32-17)24-11-30-6-5-27(24)39-3)29-9-22(35-15-21(18(35)2)16-40(4,37)38)8-28(33-29)34-13-19-7-20(19)14-34/h5-6,8-12,18-21H,7,13-16H2,1-4H3/t18-,19?,20?,21-/m1/s1. The van der Waals surface area contributed by atoms with E-state index in [-0.39, 0.29) is 17.7 Å². The molecule has 4 aromatic rings. The second-order valence-corrected chi connectivity index (χ2v) is 13.8. The second kappa shape index (κ2) is 9.15. The molecule has 4 atom stereocenters. The van der Waals surface area contributed by atoms with E-state index in [1.54, 1.807) is 19.5 Å². The molecule has 10 nitrogen and oxygen atoms in total. The van der Waals surface area contributed by atoms with Gasteiger partial charge in [-0.2, -0.15) is 5.10 Å². The fourth-order valence-electron chi connectivity index (χ4n) is 6.37. The van der Waals surface area contributed by atoms with E-state index in [4.69, 9.17) is 19.8 Å². The van der Waals surface area contributed by atoms with Crippen molar-refractivity contribution in [2.45, 2.75) is 26.3 Å². The molecule has 0 bridgehead atoms. The topological polar surface area (TPSA) is 106 Å². The molecule has 1 saturated carbocycles. The first-order chi connectivity index (χ1) is 19.2. The number of anilines is 2. The van der Waals surface area contributed by atoms with E-state index in [0.717, 1.165) is 70.1 Å². The van der Waals surface area contributed by atoms with Gasteiger partial charge in [-0.1, -0.05) is 0 Å². The number of hydrogen-bond donors (Lipinski definition) is 0. The molecule has 2 unspecified atom stereocenters. The van der Waals surface area contributed by atoms with E-state index in [0.29, 0.717) is 12.3 Å². The Kier molecular flexibility index (Phi) is 5.78. The molecule has 7 rings (SSSR count). The highest BCUT2D eigenvalue weighted by Crippen LogP contribution is 2.47. The number of aromatic nitrogens is 5. The Morgan fingerprint density at radius 3 is 2.55 bits per heavy atom. The lowest BCUT2D eigenvalue weighted by Crippen LogP contribution is -2.57. The summed E-state index contributed by atoms with van der Waals surface area (Å²) in [4.78, 5) is 18.9. The van der Waals surface area contributed by atoms with Gasteiger partial charge >= 0.3 is 0 Å². The van der Waals surface area contributed by atoms with Crippen LogP contribution in [0.3, 0.4) is 0 Å². The van der Waals surface area contributed by atoms with Gasteiger partial charge < -0.3 is 14.5 Å². The van der Waals surface area contributed by atoms with Crippen molar-refractivity contribution >= 4 is 32.2 Å². The Hall–Kier alpha value is -3.73. The molecule has 2 saturated heterocycles. The van der Waals surface area contributed by atoms with Crippen LogP contribution in [0.15, 0.2) is 42.9 Å². The molecule has 0 spiro atoms. The summed E-state index contributed by atoms with van der Waals surface area (Å²) < 4.78 is 31.4. The van der Waals surface area contributed by atoms with Gasteiger partial charge in [0.25, 0.3) is 0 Å². The largest absolute Gasteiger partial charge is 0.496 e. The SMILES string of the molecule is COc1ccncc1-c1cc2c(cnn2-c2cc(N3C[C@H](CS(C)(=O)=O)[C@H]3C)cc(N3CC4CC4C3)n2)c(C)n1. The van der Waals surface area contributed by atoms with Crippen molar-refractivity contribution in [3.63, 3.8) is 0 Å². The summed E-state index contributed by atoms with van der Waals surface area (Å²) in [6, 6.07) is 8.20. The molecule has 3 fully saturated rings. The number of ether oxygens (including phenoxy) is 1. The molecular weight excluding hydrogens is 526 g/mol. The van der Waals surface area contributed by atoms with Crippen molar-refractivity contribution in [3.8, 4) is 22.8 Å². The highest BCUT2D eigenvalue weighted by molar-refractivity contribution is 7.90. The molecule has 0 amide bonds. The van der Waals surface area contributed by atoms with E-state index in [9.17, 15) is 8.42 Å². The van der Waals surface area contributed by atoms with Gasteiger partial charge in [0.2, 0.25) is 0 Å². The summed E-state index contributed by atoms with van der Waals surface area (Å²) >= 11 is 0. The number of fused-ring (bicyclic) bond motifs is 2. The summed E-state index contributed by atoms with van der Waals surface area (Å²) in [6.07, 6.45) is 7.94. The molecule has 0 N–H and O–H groups in total. The zero-order chi connectivity index (χ0) is 27.8. The predicted molar refractivity (Wildman–Crippen MR) is 155 cm³/mol. The maximum absolute atomic E-state index is 12.0. The minimum Gasteiger partial charge on any atom is -0.496 e. The highest BCUT2D eigenvalue weighted by Gasteiger charge is 2.46. The van der Waals surface area contributed by atoms with E-state index in [2.05, 4.69) is 33.8 Å². The van der Waals surface area contributed by atoms with Crippen LogP contribution in [-0.4, -0.2) is 77.9 Å². The Bertz CT molecular complexity index is 1730. The van der Waals surface area contributed by atoms with Crippen LogP contribution in [0.4, 0.5) is 11.5 Å². The van der Waals surface area contributed by atoms with Gasteiger partial charge in [0.05, 0.1) is 35.8 Å². The van der Waals surface area contributed by atoms with Crippen molar-refractivity contribution in [2.24, 2.45) is 17.8 Å². The van der Waals surface area contributed by atoms with Gasteiger partial charge in [0.15, 0.2) is 5.82 Å². The van der Waals surface area contributed by atoms with Crippen LogP contribution in [0.2, 0.25) is 0 Å². The van der Waals surface area contributed by atoms with Crippen molar-refractivity contribution < 1.29 is 13.2 Å². The third kappa shape index (κ3) is 4.36. The van der Waals surface area contributed by atoms with E-state index in [1.165, 1.54) is 12.7 Å². The summed E-state index contributed by atoms with van der Waals surface area (Å²) in [5.74, 6) is 4.25. The number of hydrogen-bond acceptors (Lipinski definition) is 9. The number of piperidine rings is 1. The molecule has 1 aliphatic carbocycles. The number of sulfone groups is 1. The normalized spacial score (nSPS) is 23.8. The summed E-state index contributed by atoms with van der Waals surface area (Å²) in [7, 11) is -1.39. The Morgan fingerprint density at radius 2 is 1.82 bits per heavy atom. The predicted octanol–water partition coefficient (Wildman–Crippen LogP) is 3.52. The first kappa shape index (κ1) is 25.3. The Balaban J connectivity index is 1.32. The number of aryl methyl sites for hydroxylation is 1. The van der Waals surface area contributed by atoms with E-state index >= 15 is 0 Å². The zero-order valence-electron chi connectivity index (χ0n) is 23.1. The number of methoxy groups -OCH3 is 1. The molecule has 4 aromatic heterocycles. The molecule has 0 aromatic carbocycles. The minimum absolute atomic E-state index is 0.116. The van der Waals surface area contributed by atoms with Crippen LogP contribution in [-0.2, 0) is 9.84 Å². The average Bonchev–Trinajstić information content (AvgIpc) is 3.31. The van der Waals surface area contributed by atoms with Crippen molar-refractivity contribution in [1.29, 1.82) is 0 Å². The van der Waals surface area contributed by atoms with Crippen molar-refractivity contribution in [3.05, 3.63) is 48.5 Å². The maximum atomic E-state index is 12.0. The van der Waals surface area contributed by atoms with Gasteiger partial charge in [-0.15, -0.1) is 0 Å². The van der Waals surface area contributed by atoms with Gasteiger partial charge in [0, 0.05) is 79.1 Å². The lowest BCUT2D eigenvalue weighted by molar-refractivity contribution is 0.341. The van der Waals surface area contributed by atoms with Gasteiger partial charge in [-0.25, -0.2) is 18.1 Å². The van der Waals surface area contributed by atoms with Crippen LogP contribution in [0, 0.1) is 24.7 Å². The Morgan fingerprint density at radius 1 is 1.05 bits per heavy atom. The monoisotopic (exact) mass is 559 g/mol. The van der Waals surface area contributed by atoms with Crippen LogP contribution < -0.4 is 14.5 Å². The van der Waals surface area contributed by atoms with Gasteiger partial charge in [0.1, 0.15) is 21.4 Å². The van der Waals surface area contributed by atoms with Crippen LogP contribution in [0.5, 0.6) is 5.75 Å². The third-order valence-electron chi connectivity index (χ3n) is 8.79. The summed E-state index contributed by atoms with van der Waals surface area (Å²) in [6.45, 7) is 6.85. The van der Waals surface area contributed by atoms with Crippen LogP contribution in [0.1, 0.15) is 19.0 Å². The molecular formula is C29H33N7O3S. The average molecular weight is 560 g/mol. The number of pyridine rings is 3. The first-order valence-corrected chi connectivity index (χ1v) is 15.8. The molecule has 2 aliphatic heterocycles. The Labute approximate surface area is 233 Å². The lowest BCUT2D eigenvalue weighted by Gasteiger charge is -2.48. The molecule has 0 radical (unpaired) electrons. The number of rotatable bonds is 7. The maximum Gasteiger partial charge on any atom is 0.158 e. The first-order valence-electron chi connectivity index (χ1n) is 13.7. The van der Waals surface area contributed by atoms with Gasteiger partial charge in [-0.3, -0.25) is 9.97 Å². The second-order valence-electron chi connectivity index (χ2n) is 11.6. The van der Waals surface area contributed by atoms with Gasteiger partial charge in [-0.05, 0) is 44.2 Å². The molecule has 40 heavy (non-hydrogen) atoms. The minimum atomic E-state index is -3.03. The number of nitrogens with zero attached hydrogens (tertiary/aromatic N) is 7. The molecule has 208 valence electrons. The smallest absolute Gasteiger partial charge is 0.158 e. The van der Waals surface area contributed by atoms with Crippen LogP contribution in [0.25, 0.3) is 28.0 Å². The lowest BCUT2D eigenvalue weighted by atomic mass is 9.91. The van der Waals surface area contributed by atoms with E-state index < -0.39 is 9.84 Å². The fraction of sp³-hybridized carbons (Fsp3) is 0.448. The molecule has 11 heteroatoms. The fourth-order valence-corrected chi connectivity index (χ4v) is 7.53. The summed E-state index contributed by atoms with van der Waals surface area (Å²) in [5.41, 5.74) is 4.38. The third-order valence-corrected chi connectivity index (χ3v) is 9.82. The zero-order valence-corrected chi connectivity index (χ0v) is 24.0. The summed E-state index contributed by atoms with van der Waals surface area (Å²) in [5, 5.41) is 5.73. The highest BCUT2D eigenvalue weighted by atomic mass is 32.2. The van der Waals surface area contributed by atoms with Crippen LogP contribution >= 0.6 is 0 Å².